The van der Waals surface area contributed by atoms with Crippen LogP contribution in [0, 0.1) is 0 Å². The van der Waals surface area contributed by atoms with Gasteiger partial charge in [-0.05, 0) is 29.5 Å². The number of carbonyl (C=O) groups is 2. The first-order valence-electron chi connectivity index (χ1n) is 7.01. The first-order chi connectivity index (χ1) is 10.7. The molecule has 0 fully saturated rings. The summed E-state index contributed by atoms with van der Waals surface area (Å²) in [5, 5.41) is 2.94. The van der Waals surface area contributed by atoms with Crippen LogP contribution < -0.4 is 0 Å². The van der Waals surface area contributed by atoms with E-state index in [1.165, 1.54) is 11.3 Å². The number of rotatable bonds is 6. The molecule has 0 aliphatic carbocycles. The minimum absolute atomic E-state index is 0.157. The lowest BCUT2D eigenvalue weighted by molar-refractivity contribution is -0.142. The van der Waals surface area contributed by atoms with Gasteiger partial charge < -0.3 is 9.72 Å². The topological polar surface area (TPSA) is 59.2 Å². The predicted octanol–water partition coefficient (Wildman–Crippen LogP) is 3.59. The number of benzene rings is 1. The van der Waals surface area contributed by atoms with Gasteiger partial charge in [-0.3, -0.25) is 9.59 Å². The Labute approximate surface area is 131 Å². The summed E-state index contributed by atoms with van der Waals surface area (Å²) in [6.45, 7) is -0.187. The van der Waals surface area contributed by atoms with Gasteiger partial charge in [0, 0.05) is 23.5 Å². The highest BCUT2D eigenvalue weighted by molar-refractivity contribution is 7.12. The largest absolute Gasteiger partial charge is 0.457 e. The molecule has 0 saturated carbocycles. The van der Waals surface area contributed by atoms with E-state index in [1.807, 2.05) is 35.8 Å². The number of ketones is 1. The number of thiophene rings is 1. The van der Waals surface area contributed by atoms with Gasteiger partial charge in [0.25, 0.3) is 0 Å². The molecule has 2 heterocycles. The van der Waals surface area contributed by atoms with Gasteiger partial charge in [0.15, 0.2) is 6.61 Å². The first kappa shape index (κ1) is 14.5. The first-order valence-corrected chi connectivity index (χ1v) is 7.89. The van der Waals surface area contributed by atoms with Crippen molar-refractivity contribution in [1.82, 2.24) is 4.98 Å². The zero-order chi connectivity index (χ0) is 15.4. The molecular weight excluding hydrogens is 298 g/mol. The van der Waals surface area contributed by atoms with Gasteiger partial charge in [-0.1, -0.05) is 24.3 Å². The number of hydrogen-bond donors (Lipinski definition) is 1. The summed E-state index contributed by atoms with van der Waals surface area (Å²) >= 11 is 1.35. The molecule has 1 aromatic carbocycles. The third-order valence-corrected chi connectivity index (χ3v) is 4.34. The van der Waals surface area contributed by atoms with Gasteiger partial charge in [-0.15, -0.1) is 11.3 Å². The Morgan fingerprint density at radius 3 is 2.82 bits per heavy atom. The predicted molar refractivity (Wildman–Crippen MR) is 86.2 cm³/mol. The Balaban J connectivity index is 1.51. The number of aromatic nitrogens is 1. The molecule has 0 radical (unpaired) electrons. The number of esters is 1. The fourth-order valence-corrected chi connectivity index (χ4v) is 2.95. The van der Waals surface area contributed by atoms with E-state index in [-0.39, 0.29) is 24.8 Å². The Morgan fingerprint density at radius 2 is 2.00 bits per heavy atom. The van der Waals surface area contributed by atoms with E-state index in [9.17, 15) is 9.59 Å². The van der Waals surface area contributed by atoms with Gasteiger partial charge >= 0.3 is 5.97 Å². The second-order valence-electron chi connectivity index (χ2n) is 4.92. The molecule has 0 amide bonds. The lowest BCUT2D eigenvalue weighted by Gasteiger charge is -2.03. The summed E-state index contributed by atoms with van der Waals surface area (Å²) < 4.78 is 5.05. The molecule has 5 heteroatoms. The highest BCUT2D eigenvalue weighted by Crippen LogP contribution is 2.19. The van der Waals surface area contributed by atoms with Crippen molar-refractivity contribution < 1.29 is 14.3 Å². The van der Waals surface area contributed by atoms with Crippen molar-refractivity contribution in [3.8, 4) is 0 Å². The van der Waals surface area contributed by atoms with Crippen LogP contribution >= 0.6 is 11.3 Å². The number of Topliss-reactive ketones (excluding diaryl/α,β-unsaturated/α-hetero) is 1. The van der Waals surface area contributed by atoms with Crippen LogP contribution in [0.1, 0.15) is 21.7 Å². The number of carbonyl (C=O) groups excluding carboxylic acids is 2. The van der Waals surface area contributed by atoms with Crippen LogP contribution in [-0.2, 0) is 16.0 Å². The summed E-state index contributed by atoms with van der Waals surface area (Å²) in [5.41, 5.74) is 2.14. The SMILES string of the molecule is O=C(CCc1c[nH]c2ccccc12)OCC(=O)c1cccs1. The highest BCUT2D eigenvalue weighted by atomic mass is 32.1. The Bertz CT molecular complexity index is 789. The number of fused-ring (bicyclic) bond motifs is 1. The average molecular weight is 313 g/mol. The molecule has 0 bridgehead atoms. The molecular formula is C17H15NO3S. The second-order valence-corrected chi connectivity index (χ2v) is 5.87. The highest BCUT2D eigenvalue weighted by Gasteiger charge is 2.11. The van der Waals surface area contributed by atoms with E-state index in [0.29, 0.717) is 11.3 Å². The number of aryl methyl sites for hydroxylation is 1. The smallest absolute Gasteiger partial charge is 0.306 e. The quantitative estimate of drug-likeness (QED) is 0.559. The third-order valence-electron chi connectivity index (χ3n) is 3.43. The minimum atomic E-state index is -0.352. The molecule has 112 valence electrons. The van der Waals surface area contributed by atoms with Crippen LogP contribution in [0.3, 0.4) is 0 Å². The van der Waals surface area contributed by atoms with E-state index in [4.69, 9.17) is 4.74 Å². The zero-order valence-electron chi connectivity index (χ0n) is 11.9. The molecule has 1 N–H and O–H groups in total. The maximum Gasteiger partial charge on any atom is 0.306 e. The van der Waals surface area contributed by atoms with Gasteiger partial charge in [0.2, 0.25) is 5.78 Å². The van der Waals surface area contributed by atoms with E-state index >= 15 is 0 Å². The van der Waals surface area contributed by atoms with E-state index in [1.54, 1.807) is 12.1 Å². The lowest BCUT2D eigenvalue weighted by Crippen LogP contribution is -2.13. The summed E-state index contributed by atoms with van der Waals surface area (Å²) in [6, 6.07) is 11.5. The fourth-order valence-electron chi connectivity index (χ4n) is 2.30. The number of ether oxygens (including phenoxy) is 1. The summed E-state index contributed by atoms with van der Waals surface area (Å²) in [5.74, 6) is -0.509. The van der Waals surface area contributed by atoms with Gasteiger partial charge in [0.1, 0.15) is 0 Å². The molecule has 0 spiro atoms. The Morgan fingerprint density at radius 1 is 1.14 bits per heavy atom. The molecule has 3 aromatic rings. The lowest BCUT2D eigenvalue weighted by atomic mass is 10.1. The summed E-state index contributed by atoms with van der Waals surface area (Å²) in [4.78, 5) is 27.3. The van der Waals surface area contributed by atoms with Crippen molar-refractivity contribution in [3.05, 3.63) is 58.4 Å². The van der Waals surface area contributed by atoms with Gasteiger partial charge in [-0.2, -0.15) is 0 Å². The standard InChI is InChI=1S/C17H15NO3S/c19-15(16-6-3-9-22-16)11-21-17(20)8-7-12-10-18-14-5-2-1-4-13(12)14/h1-6,9-10,18H,7-8,11H2. The van der Waals surface area contributed by atoms with Gasteiger partial charge in [-0.25, -0.2) is 0 Å². The van der Waals surface area contributed by atoms with Crippen molar-refractivity contribution in [3.63, 3.8) is 0 Å². The monoisotopic (exact) mass is 313 g/mol. The number of nitrogens with one attached hydrogen (secondary N) is 1. The van der Waals surface area contributed by atoms with Crippen molar-refractivity contribution in [2.75, 3.05) is 6.61 Å². The van der Waals surface area contributed by atoms with Crippen LogP contribution in [0.5, 0.6) is 0 Å². The van der Waals surface area contributed by atoms with Crippen molar-refractivity contribution in [2.24, 2.45) is 0 Å². The molecule has 3 rings (SSSR count). The van der Waals surface area contributed by atoms with Crippen molar-refractivity contribution >= 4 is 34.0 Å². The third kappa shape index (κ3) is 3.26. The van der Waals surface area contributed by atoms with Crippen LogP contribution in [0.4, 0.5) is 0 Å². The van der Waals surface area contributed by atoms with E-state index < -0.39 is 0 Å². The van der Waals surface area contributed by atoms with Gasteiger partial charge in [0.05, 0.1) is 4.88 Å². The summed E-state index contributed by atoms with van der Waals surface area (Å²) in [6.07, 6.45) is 2.77. The number of aromatic amines is 1. The average Bonchev–Trinajstić information content (AvgIpc) is 3.20. The minimum Gasteiger partial charge on any atom is -0.457 e. The van der Waals surface area contributed by atoms with Crippen LogP contribution in [0.2, 0.25) is 0 Å². The zero-order valence-corrected chi connectivity index (χ0v) is 12.7. The number of H-pyrrole nitrogens is 1. The van der Waals surface area contributed by atoms with Crippen LogP contribution in [-0.4, -0.2) is 23.3 Å². The number of para-hydroxylation sites is 1. The summed E-state index contributed by atoms with van der Waals surface area (Å²) in [7, 11) is 0. The molecule has 0 atom stereocenters. The Kier molecular flexibility index (Phi) is 4.34. The molecule has 2 aromatic heterocycles. The fraction of sp³-hybridized carbons (Fsp3) is 0.176. The van der Waals surface area contributed by atoms with E-state index in [2.05, 4.69) is 4.98 Å². The van der Waals surface area contributed by atoms with E-state index in [0.717, 1.165) is 16.5 Å². The molecule has 0 aliphatic rings. The number of hydrogen-bond acceptors (Lipinski definition) is 4. The molecule has 0 aliphatic heterocycles. The maximum absolute atomic E-state index is 11.8. The molecule has 4 nitrogen and oxygen atoms in total. The Hall–Kier alpha value is -2.40. The molecule has 22 heavy (non-hydrogen) atoms. The van der Waals surface area contributed by atoms with Crippen molar-refractivity contribution in [1.29, 1.82) is 0 Å². The second kappa shape index (κ2) is 6.58. The maximum atomic E-state index is 11.8. The van der Waals surface area contributed by atoms with Crippen LogP contribution in [0.25, 0.3) is 10.9 Å². The normalized spacial score (nSPS) is 10.7. The van der Waals surface area contributed by atoms with Crippen LogP contribution in [0.15, 0.2) is 48.0 Å². The molecule has 0 unspecified atom stereocenters. The van der Waals surface area contributed by atoms with Crippen molar-refractivity contribution in [2.45, 2.75) is 12.8 Å². The molecule has 0 saturated heterocycles.